The van der Waals surface area contributed by atoms with E-state index >= 15 is 0 Å². The topological polar surface area (TPSA) is 66.9 Å². The number of carbonyl (C=O) groups excluding carboxylic acids is 3. The van der Waals surface area contributed by atoms with Gasteiger partial charge in [-0.2, -0.15) is 0 Å². The first-order chi connectivity index (χ1) is 15.9. The molecular formula is C27H30N2O4. The number of hydrogen-bond acceptors (Lipinski definition) is 4. The van der Waals surface area contributed by atoms with Gasteiger partial charge in [0.05, 0.1) is 12.2 Å². The van der Waals surface area contributed by atoms with E-state index in [0.717, 1.165) is 23.1 Å². The van der Waals surface area contributed by atoms with Crippen molar-refractivity contribution in [2.45, 2.75) is 46.1 Å². The summed E-state index contributed by atoms with van der Waals surface area (Å²) in [6.07, 6.45) is 0.929. The van der Waals surface area contributed by atoms with Crippen LogP contribution in [0.1, 0.15) is 48.4 Å². The van der Waals surface area contributed by atoms with Gasteiger partial charge in [0.2, 0.25) is 11.8 Å². The molecule has 0 aromatic heterocycles. The summed E-state index contributed by atoms with van der Waals surface area (Å²) in [6, 6.07) is 16.0. The van der Waals surface area contributed by atoms with E-state index in [9.17, 15) is 14.4 Å². The Balaban J connectivity index is 1.60. The zero-order valence-electron chi connectivity index (χ0n) is 19.5. The number of rotatable bonds is 5. The molecule has 1 unspecified atom stereocenters. The van der Waals surface area contributed by atoms with E-state index in [-0.39, 0.29) is 37.3 Å². The van der Waals surface area contributed by atoms with Crippen molar-refractivity contribution < 1.29 is 19.1 Å². The van der Waals surface area contributed by atoms with E-state index in [0.29, 0.717) is 24.4 Å². The Hall–Kier alpha value is -3.41. The highest BCUT2D eigenvalue weighted by molar-refractivity contribution is 5.97. The zero-order valence-corrected chi connectivity index (χ0v) is 19.5. The summed E-state index contributed by atoms with van der Waals surface area (Å²) in [4.78, 5) is 42.5. The molecule has 172 valence electrons. The van der Waals surface area contributed by atoms with Gasteiger partial charge in [-0.1, -0.05) is 54.1 Å². The highest BCUT2D eigenvalue weighted by atomic mass is 16.5. The maximum Gasteiger partial charge on any atom is 0.336 e. The van der Waals surface area contributed by atoms with Gasteiger partial charge >= 0.3 is 5.97 Å². The minimum absolute atomic E-state index is 0.0731. The summed E-state index contributed by atoms with van der Waals surface area (Å²) in [5.74, 6) is -1.09. The third-order valence-corrected chi connectivity index (χ3v) is 6.57. The molecule has 4 rings (SSSR count). The van der Waals surface area contributed by atoms with Gasteiger partial charge < -0.3 is 14.5 Å². The summed E-state index contributed by atoms with van der Waals surface area (Å²) < 4.78 is 5.34. The first kappa shape index (κ1) is 22.8. The van der Waals surface area contributed by atoms with Gasteiger partial charge in [-0.25, -0.2) is 4.79 Å². The van der Waals surface area contributed by atoms with Crippen LogP contribution in [0.5, 0.6) is 0 Å². The van der Waals surface area contributed by atoms with Gasteiger partial charge in [0, 0.05) is 31.1 Å². The average Bonchev–Trinajstić information content (AvgIpc) is 2.81. The number of hydrogen-bond donors (Lipinski definition) is 0. The van der Waals surface area contributed by atoms with Gasteiger partial charge in [0.1, 0.15) is 6.54 Å². The lowest BCUT2D eigenvalue weighted by Crippen LogP contribution is -2.46. The van der Waals surface area contributed by atoms with Gasteiger partial charge in [-0.15, -0.1) is 0 Å². The maximum atomic E-state index is 13.2. The highest BCUT2D eigenvalue weighted by Gasteiger charge is 2.38. The van der Waals surface area contributed by atoms with E-state index in [1.807, 2.05) is 49.4 Å². The normalized spacial score (nSPS) is 18.3. The van der Waals surface area contributed by atoms with E-state index in [2.05, 4.69) is 6.07 Å². The molecule has 0 N–H and O–H groups in total. The molecule has 0 aliphatic carbocycles. The first-order valence-electron chi connectivity index (χ1n) is 11.5. The summed E-state index contributed by atoms with van der Waals surface area (Å²) in [6.45, 7) is 6.83. The van der Waals surface area contributed by atoms with Crippen molar-refractivity contribution in [3.05, 3.63) is 82.1 Å². The van der Waals surface area contributed by atoms with Crippen LogP contribution < -0.4 is 0 Å². The third-order valence-electron chi connectivity index (χ3n) is 6.57. The van der Waals surface area contributed by atoms with E-state index in [4.69, 9.17) is 4.74 Å². The summed E-state index contributed by atoms with van der Waals surface area (Å²) in [5.41, 5.74) is 5.36. The molecular weight excluding hydrogens is 416 g/mol. The molecule has 33 heavy (non-hydrogen) atoms. The number of esters is 1. The number of ether oxygens (including phenoxy) is 1. The Labute approximate surface area is 194 Å². The predicted octanol–water partition coefficient (Wildman–Crippen LogP) is 3.73. The fraction of sp³-hybridized carbons (Fsp3) is 0.370. The number of amides is 2. The van der Waals surface area contributed by atoms with Crippen molar-refractivity contribution in [1.82, 2.24) is 9.80 Å². The van der Waals surface area contributed by atoms with Crippen LogP contribution in [0.25, 0.3) is 0 Å². The molecule has 2 aliphatic rings. The minimum Gasteiger partial charge on any atom is -0.463 e. The van der Waals surface area contributed by atoms with Crippen molar-refractivity contribution in [1.29, 1.82) is 0 Å². The Morgan fingerprint density at radius 1 is 1.03 bits per heavy atom. The molecule has 0 radical (unpaired) electrons. The fourth-order valence-electron chi connectivity index (χ4n) is 4.70. The molecule has 0 spiro atoms. The van der Waals surface area contributed by atoms with E-state index < -0.39 is 5.97 Å². The van der Waals surface area contributed by atoms with Gasteiger partial charge in [0.25, 0.3) is 0 Å². The van der Waals surface area contributed by atoms with Gasteiger partial charge in [-0.3, -0.25) is 9.59 Å². The second-order valence-corrected chi connectivity index (χ2v) is 8.70. The van der Waals surface area contributed by atoms with Crippen LogP contribution in [0.15, 0.2) is 59.8 Å². The van der Waals surface area contributed by atoms with Crippen molar-refractivity contribution >= 4 is 17.8 Å². The van der Waals surface area contributed by atoms with Crippen LogP contribution >= 0.6 is 0 Å². The second kappa shape index (κ2) is 9.61. The summed E-state index contributed by atoms with van der Waals surface area (Å²) in [5, 5.41) is 0. The van der Waals surface area contributed by atoms with Crippen molar-refractivity contribution in [3.63, 3.8) is 0 Å². The Morgan fingerprint density at radius 3 is 2.42 bits per heavy atom. The lowest BCUT2D eigenvalue weighted by atomic mass is 9.83. The molecule has 2 aliphatic heterocycles. The maximum absolute atomic E-state index is 13.2. The number of carbonyl (C=O) groups is 3. The van der Waals surface area contributed by atoms with Crippen molar-refractivity contribution in [2.24, 2.45) is 0 Å². The smallest absolute Gasteiger partial charge is 0.336 e. The highest BCUT2D eigenvalue weighted by Crippen LogP contribution is 2.37. The van der Waals surface area contributed by atoms with Crippen molar-refractivity contribution in [2.75, 3.05) is 19.7 Å². The lowest BCUT2D eigenvalue weighted by molar-refractivity contribution is -0.142. The quantitative estimate of drug-likeness (QED) is 0.657. The fourth-order valence-corrected chi connectivity index (χ4v) is 4.70. The number of fused-ring (bicyclic) bond motifs is 1. The molecule has 2 aromatic rings. The third kappa shape index (κ3) is 4.70. The van der Waals surface area contributed by atoms with Crippen LogP contribution in [0, 0.1) is 6.92 Å². The predicted molar refractivity (Wildman–Crippen MR) is 125 cm³/mol. The molecule has 2 heterocycles. The molecule has 2 amide bonds. The first-order valence-corrected chi connectivity index (χ1v) is 11.5. The van der Waals surface area contributed by atoms with E-state index in [1.54, 1.807) is 18.7 Å². The number of nitrogens with zero attached hydrogens (tertiary/aromatic N) is 2. The lowest BCUT2D eigenvalue weighted by Gasteiger charge is -2.36. The Kier molecular flexibility index (Phi) is 6.63. The molecule has 1 atom stereocenters. The SMILES string of the molecule is CCOC(=O)C1=C(C)N(CC(=O)N2CCc3ccccc3C2)C(=O)CC1c1ccc(C)cc1. The number of allylic oxidation sites excluding steroid dienone is 1. The molecule has 0 saturated heterocycles. The molecule has 6 heteroatoms. The zero-order chi connectivity index (χ0) is 23.5. The Morgan fingerprint density at radius 2 is 1.73 bits per heavy atom. The monoisotopic (exact) mass is 446 g/mol. The van der Waals surface area contributed by atoms with Crippen LogP contribution in [-0.2, 0) is 32.1 Å². The molecule has 2 aromatic carbocycles. The van der Waals surface area contributed by atoms with Crippen molar-refractivity contribution in [3.8, 4) is 0 Å². The van der Waals surface area contributed by atoms with Crippen LogP contribution in [-0.4, -0.2) is 47.3 Å². The molecule has 0 bridgehead atoms. The van der Waals surface area contributed by atoms with Gasteiger partial charge in [0.15, 0.2) is 0 Å². The van der Waals surface area contributed by atoms with Crippen LogP contribution in [0.2, 0.25) is 0 Å². The molecule has 6 nitrogen and oxygen atoms in total. The average molecular weight is 447 g/mol. The minimum atomic E-state index is -0.433. The van der Waals surface area contributed by atoms with Crippen LogP contribution in [0.4, 0.5) is 0 Å². The second-order valence-electron chi connectivity index (χ2n) is 8.70. The molecule has 0 saturated carbocycles. The summed E-state index contributed by atoms with van der Waals surface area (Å²) in [7, 11) is 0. The van der Waals surface area contributed by atoms with Gasteiger partial charge in [-0.05, 0) is 43.9 Å². The van der Waals surface area contributed by atoms with E-state index in [1.165, 1.54) is 10.5 Å². The Bertz CT molecular complexity index is 1100. The number of benzene rings is 2. The standard InChI is InChI=1S/C27H30N2O4/c1-4-33-27(32)26-19(3)29(24(30)15-23(26)21-11-9-18(2)10-12-21)17-25(31)28-14-13-20-7-5-6-8-22(20)16-28/h5-12,23H,4,13-17H2,1-3H3. The largest absolute Gasteiger partial charge is 0.463 e. The summed E-state index contributed by atoms with van der Waals surface area (Å²) >= 11 is 0. The number of aryl methyl sites for hydroxylation is 1. The van der Waals surface area contributed by atoms with Crippen LogP contribution in [0.3, 0.4) is 0 Å². The molecule has 0 fully saturated rings.